The van der Waals surface area contributed by atoms with Crippen molar-refractivity contribution in [2.75, 3.05) is 18.9 Å². The van der Waals surface area contributed by atoms with Crippen LogP contribution >= 0.6 is 0 Å². The van der Waals surface area contributed by atoms with Crippen LogP contribution in [0.25, 0.3) is 0 Å². The number of carbonyl (C=O) groups excluding carboxylic acids is 1. The third kappa shape index (κ3) is 2.74. The van der Waals surface area contributed by atoms with E-state index >= 15 is 0 Å². The second kappa shape index (κ2) is 4.71. The monoisotopic (exact) mass is 235 g/mol. The van der Waals surface area contributed by atoms with Gasteiger partial charge in [-0.15, -0.1) is 0 Å². The van der Waals surface area contributed by atoms with Gasteiger partial charge in [0.05, 0.1) is 11.3 Å². The van der Waals surface area contributed by atoms with Gasteiger partial charge in [0.25, 0.3) is 5.91 Å². The van der Waals surface area contributed by atoms with Crippen LogP contribution in [-0.4, -0.2) is 29.6 Å². The Hall–Kier alpha value is -1.62. The van der Waals surface area contributed by atoms with Crippen LogP contribution in [0.4, 0.5) is 5.69 Å². The van der Waals surface area contributed by atoms with Gasteiger partial charge in [0.1, 0.15) is 0 Å². The summed E-state index contributed by atoms with van der Waals surface area (Å²) in [5.74, 6) is -0.250. The minimum atomic E-state index is -0.251. The Morgan fingerprint density at radius 1 is 1.71 bits per heavy atom. The summed E-state index contributed by atoms with van der Waals surface area (Å²) in [6.45, 7) is 3.25. The van der Waals surface area contributed by atoms with Crippen LogP contribution in [0.2, 0.25) is 0 Å². The van der Waals surface area contributed by atoms with Gasteiger partial charge in [0.2, 0.25) is 0 Å². The second-order valence-corrected chi connectivity index (χ2v) is 4.53. The number of pyridine rings is 1. The molecule has 1 aromatic heterocycles. The maximum atomic E-state index is 11.9. The SMILES string of the molecule is CC1(CNC(=O)c2ncccc2N)CCCO1. The van der Waals surface area contributed by atoms with Crippen LogP contribution < -0.4 is 11.1 Å². The average Bonchev–Trinajstić information content (AvgIpc) is 2.74. The molecule has 1 aliphatic rings. The highest BCUT2D eigenvalue weighted by molar-refractivity contribution is 5.97. The average molecular weight is 235 g/mol. The van der Waals surface area contributed by atoms with E-state index in [1.54, 1.807) is 18.3 Å². The molecule has 0 bridgehead atoms. The molecule has 0 saturated carbocycles. The molecule has 2 rings (SSSR count). The first-order valence-electron chi connectivity index (χ1n) is 5.73. The molecule has 92 valence electrons. The minimum Gasteiger partial charge on any atom is -0.397 e. The van der Waals surface area contributed by atoms with E-state index in [1.165, 1.54) is 0 Å². The highest BCUT2D eigenvalue weighted by Crippen LogP contribution is 2.24. The summed E-state index contributed by atoms with van der Waals surface area (Å²) in [6, 6.07) is 3.36. The standard InChI is InChI=1S/C12H17N3O2/c1-12(5-3-7-17-12)8-15-11(16)10-9(13)4-2-6-14-10/h2,4,6H,3,5,7-8,13H2,1H3,(H,15,16). The van der Waals surface area contributed by atoms with Gasteiger partial charge >= 0.3 is 0 Å². The van der Waals surface area contributed by atoms with E-state index in [1.807, 2.05) is 6.92 Å². The predicted molar refractivity (Wildman–Crippen MR) is 64.6 cm³/mol. The summed E-state index contributed by atoms with van der Waals surface area (Å²) in [6.07, 6.45) is 3.56. The van der Waals surface area contributed by atoms with Crippen molar-refractivity contribution >= 4 is 11.6 Å². The Labute approximate surface area is 100 Å². The lowest BCUT2D eigenvalue weighted by Crippen LogP contribution is -2.40. The first kappa shape index (κ1) is 11.9. The fourth-order valence-electron chi connectivity index (χ4n) is 1.93. The van der Waals surface area contributed by atoms with Crippen molar-refractivity contribution in [3.8, 4) is 0 Å². The number of amides is 1. The predicted octanol–water partition coefficient (Wildman–Crippen LogP) is 0.963. The maximum Gasteiger partial charge on any atom is 0.272 e. The third-order valence-electron chi connectivity index (χ3n) is 2.98. The van der Waals surface area contributed by atoms with Crippen molar-refractivity contribution in [2.45, 2.75) is 25.4 Å². The van der Waals surface area contributed by atoms with Crippen LogP contribution in [0, 0.1) is 0 Å². The fourth-order valence-corrected chi connectivity index (χ4v) is 1.93. The number of carbonyl (C=O) groups is 1. The topological polar surface area (TPSA) is 77.2 Å². The quantitative estimate of drug-likeness (QED) is 0.818. The maximum absolute atomic E-state index is 11.9. The zero-order chi connectivity index (χ0) is 12.3. The Balaban J connectivity index is 1.96. The van der Waals surface area contributed by atoms with Gasteiger partial charge in [0, 0.05) is 19.3 Å². The van der Waals surface area contributed by atoms with Crippen LogP contribution in [0.3, 0.4) is 0 Å². The van der Waals surface area contributed by atoms with E-state index < -0.39 is 0 Å². The first-order valence-corrected chi connectivity index (χ1v) is 5.73. The number of hydrogen-bond donors (Lipinski definition) is 2. The Morgan fingerprint density at radius 2 is 2.53 bits per heavy atom. The molecule has 0 radical (unpaired) electrons. The van der Waals surface area contributed by atoms with Gasteiger partial charge < -0.3 is 15.8 Å². The molecule has 5 heteroatoms. The molecule has 5 nitrogen and oxygen atoms in total. The number of ether oxygens (including phenoxy) is 1. The van der Waals surface area contributed by atoms with Crippen molar-refractivity contribution in [3.05, 3.63) is 24.0 Å². The van der Waals surface area contributed by atoms with E-state index in [0.29, 0.717) is 12.2 Å². The summed E-state index contributed by atoms with van der Waals surface area (Å²) >= 11 is 0. The highest BCUT2D eigenvalue weighted by atomic mass is 16.5. The van der Waals surface area contributed by atoms with Gasteiger partial charge in [-0.05, 0) is 31.9 Å². The molecule has 1 aromatic rings. The molecule has 1 amide bonds. The van der Waals surface area contributed by atoms with Crippen molar-refractivity contribution in [2.24, 2.45) is 0 Å². The van der Waals surface area contributed by atoms with E-state index in [2.05, 4.69) is 10.3 Å². The Morgan fingerprint density at radius 3 is 3.18 bits per heavy atom. The molecular formula is C12H17N3O2. The number of nitrogens with one attached hydrogen (secondary N) is 1. The lowest BCUT2D eigenvalue weighted by atomic mass is 10.0. The molecule has 1 saturated heterocycles. The molecule has 1 atom stereocenters. The van der Waals surface area contributed by atoms with Gasteiger partial charge in [-0.1, -0.05) is 0 Å². The number of anilines is 1. The number of nitrogens with two attached hydrogens (primary N) is 1. The molecule has 0 aliphatic carbocycles. The minimum absolute atomic E-state index is 0.250. The van der Waals surface area contributed by atoms with E-state index in [0.717, 1.165) is 19.4 Å². The molecule has 0 aromatic carbocycles. The largest absolute Gasteiger partial charge is 0.397 e. The van der Waals surface area contributed by atoms with Crippen molar-refractivity contribution in [1.82, 2.24) is 10.3 Å². The Bertz CT molecular complexity index is 414. The molecule has 1 aliphatic heterocycles. The van der Waals surface area contributed by atoms with Gasteiger partial charge in [0.15, 0.2) is 5.69 Å². The number of hydrogen-bond acceptors (Lipinski definition) is 4. The highest BCUT2D eigenvalue weighted by Gasteiger charge is 2.30. The first-order chi connectivity index (χ1) is 8.11. The smallest absolute Gasteiger partial charge is 0.272 e. The van der Waals surface area contributed by atoms with Gasteiger partial charge in [-0.25, -0.2) is 4.98 Å². The lowest BCUT2D eigenvalue weighted by Gasteiger charge is -2.23. The summed E-state index contributed by atoms with van der Waals surface area (Å²) < 4.78 is 5.59. The van der Waals surface area contributed by atoms with Crippen LogP contribution in [-0.2, 0) is 4.74 Å². The Kier molecular flexibility index (Phi) is 3.28. The second-order valence-electron chi connectivity index (χ2n) is 4.53. The zero-order valence-corrected chi connectivity index (χ0v) is 9.90. The van der Waals surface area contributed by atoms with Crippen LogP contribution in [0.5, 0.6) is 0 Å². The number of rotatable bonds is 3. The molecule has 0 spiro atoms. The summed E-state index contributed by atoms with van der Waals surface area (Å²) in [5.41, 5.74) is 6.10. The lowest BCUT2D eigenvalue weighted by molar-refractivity contribution is 0.0205. The van der Waals surface area contributed by atoms with E-state index in [-0.39, 0.29) is 17.2 Å². The van der Waals surface area contributed by atoms with E-state index in [9.17, 15) is 4.79 Å². The molecule has 1 fully saturated rings. The number of aromatic nitrogens is 1. The van der Waals surface area contributed by atoms with E-state index in [4.69, 9.17) is 10.5 Å². The van der Waals surface area contributed by atoms with Crippen LogP contribution in [0.1, 0.15) is 30.3 Å². The number of nitrogens with zero attached hydrogens (tertiary/aromatic N) is 1. The number of nitrogen functional groups attached to an aromatic ring is 1. The molecular weight excluding hydrogens is 218 g/mol. The third-order valence-corrected chi connectivity index (χ3v) is 2.98. The summed E-state index contributed by atoms with van der Waals surface area (Å²) in [7, 11) is 0. The van der Waals surface area contributed by atoms with Crippen molar-refractivity contribution < 1.29 is 9.53 Å². The molecule has 17 heavy (non-hydrogen) atoms. The summed E-state index contributed by atoms with van der Waals surface area (Å²) in [5, 5.41) is 2.82. The molecule has 2 heterocycles. The van der Waals surface area contributed by atoms with Gasteiger partial charge in [-0.3, -0.25) is 4.79 Å². The van der Waals surface area contributed by atoms with Crippen LogP contribution in [0.15, 0.2) is 18.3 Å². The zero-order valence-electron chi connectivity index (χ0n) is 9.90. The van der Waals surface area contributed by atoms with Crippen molar-refractivity contribution in [1.29, 1.82) is 0 Å². The van der Waals surface area contributed by atoms with Gasteiger partial charge in [-0.2, -0.15) is 0 Å². The summed E-state index contributed by atoms with van der Waals surface area (Å²) in [4.78, 5) is 15.8. The molecule has 1 unspecified atom stereocenters. The molecule has 3 N–H and O–H groups in total. The van der Waals surface area contributed by atoms with Crippen molar-refractivity contribution in [3.63, 3.8) is 0 Å². The normalized spacial score (nSPS) is 23.6. The fraction of sp³-hybridized carbons (Fsp3) is 0.500.